The zero-order valence-corrected chi connectivity index (χ0v) is 18.9. The highest BCUT2D eigenvalue weighted by molar-refractivity contribution is 7.17. The molecular weight excluding hydrogens is 437 g/mol. The van der Waals surface area contributed by atoms with Crippen molar-refractivity contribution in [1.82, 2.24) is 5.32 Å². The molecule has 0 saturated heterocycles. The highest BCUT2D eigenvalue weighted by Gasteiger charge is 2.45. The van der Waals surface area contributed by atoms with Gasteiger partial charge in [0.05, 0.1) is 23.1 Å². The maximum Gasteiger partial charge on any atom is 0.260 e. The number of nitrogens with zero attached hydrogens (tertiary/aromatic N) is 2. The maximum atomic E-state index is 13.6. The van der Waals surface area contributed by atoms with E-state index in [0.29, 0.717) is 40.9 Å². The van der Waals surface area contributed by atoms with Gasteiger partial charge in [-0.1, -0.05) is 18.6 Å². The minimum absolute atomic E-state index is 0.0222. The summed E-state index contributed by atoms with van der Waals surface area (Å²) in [5, 5.41) is 14.1. The average molecular weight is 460 g/mol. The van der Waals surface area contributed by atoms with Crippen LogP contribution < -0.4 is 10.2 Å². The van der Waals surface area contributed by atoms with Crippen LogP contribution in [0.2, 0.25) is 0 Å². The van der Waals surface area contributed by atoms with Crippen LogP contribution in [0.3, 0.4) is 0 Å². The van der Waals surface area contributed by atoms with Crippen molar-refractivity contribution in [3.8, 4) is 6.07 Å². The number of ketones is 1. The van der Waals surface area contributed by atoms with Gasteiger partial charge in [0.15, 0.2) is 5.78 Å². The molecule has 33 heavy (non-hydrogen) atoms. The van der Waals surface area contributed by atoms with E-state index in [2.05, 4.69) is 11.4 Å². The Balaban J connectivity index is 1.61. The number of carbonyl (C=O) groups excluding carboxylic acids is 2. The predicted molar refractivity (Wildman–Crippen MR) is 123 cm³/mol. The molecule has 7 heteroatoms. The van der Waals surface area contributed by atoms with Crippen LogP contribution in [0.15, 0.2) is 46.9 Å². The number of allylic oxidation sites excluding steroid dienone is 3. The molecule has 1 N–H and O–H groups in total. The number of fused-ring (bicyclic) bond motifs is 6. The Kier molecular flexibility index (Phi) is 4.73. The lowest BCUT2D eigenvalue weighted by Gasteiger charge is -2.42. The second kappa shape index (κ2) is 7.67. The summed E-state index contributed by atoms with van der Waals surface area (Å²) in [6, 6.07) is 8.25. The summed E-state index contributed by atoms with van der Waals surface area (Å²) in [6.07, 6.45) is 7.03. The van der Waals surface area contributed by atoms with Gasteiger partial charge in [-0.15, -0.1) is 11.3 Å². The van der Waals surface area contributed by atoms with Crippen molar-refractivity contribution >= 4 is 28.0 Å². The van der Waals surface area contributed by atoms with Crippen molar-refractivity contribution in [3.05, 3.63) is 74.3 Å². The summed E-state index contributed by atoms with van der Waals surface area (Å²) in [5.41, 5.74) is 4.34. The van der Waals surface area contributed by atoms with Crippen LogP contribution in [0.5, 0.6) is 0 Å². The number of hydrogen-bond donors (Lipinski definition) is 1. The minimum atomic E-state index is -0.607. The van der Waals surface area contributed by atoms with Crippen molar-refractivity contribution in [2.45, 2.75) is 57.3 Å². The molecule has 2 aromatic rings. The van der Waals surface area contributed by atoms with Gasteiger partial charge in [-0.2, -0.15) is 5.26 Å². The van der Waals surface area contributed by atoms with Crippen LogP contribution in [0.25, 0.3) is 0 Å². The minimum Gasteiger partial charge on any atom is -0.307 e. The van der Waals surface area contributed by atoms with Gasteiger partial charge in [-0.05, 0) is 61.8 Å². The number of anilines is 1. The van der Waals surface area contributed by atoms with E-state index in [1.54, 1.807) is 23.5 Å². The van der Waals surface area contributed by atoms with E-state index < -0.39 is 5.92 Å². The number of carbonyl (C=O) groups is 2. The summed E-state index contributed by atoms with van der Waals surface area (Å²) in [4.78, 5) is 29.8. The molecule has 0 bridgehead atoms. The van der Waals surface area contributed by atoms with Gasteiger partial charge < -0.3 is 5.32 Å². The monoisotopic (exact) mass is 459 g/mol. The number of aryl methyl sites for hydroxylation is 1. The largest absolute Gasteiger partial charge is 0.307 e. The lowest BCUT2D eigenvalue weighted by Crippen LogP contribution is -2.46. The molecule has 5 nitrogen and oxygen atoms in total. The molecule has 1 amide bonds. The Bertz CT molecular complexity index is 1310. The van der Waals surface area contributed by atoms with Gasteiger partial charge in [-0.25, -0.2) is 4.39 Å². The molecule has 0 radical (unpaired) electrons. The maximum absolute atomic E-state index is 13.6. The van der Waals surface area contributed by atoms with Crippen molar-refractivity contribution in [2.75, 3.05) is 4.90 Å². The van der Waals surface area contributed by atoms with Gasteiger partial charge >= 0.3 is 0 Å². The van der Waals surface area contributed by atoms with Crippen molar-refractivity contribution in [3.63, 3.8) is 0 Å². The summed E-state index contributed by atoms with van der Waals surface area (Å²) in [7, 11) is 0. The van der Waals surface area contributed by atoms with Crippen LogP contribution in [0, 0.1) is 17.1 Å². The third kappa shape index (κ3) is 3.01. The SMILES string of the molecule is N#CC1=C2NC(=O)c3c(sc4c3CCCCC4)N2C2=C(C(=O)CCC2)[C@@H]1c1ccc(F)cc1. The number of benzene rings is 1. The van der Waals surface area contributed by atoms with E-state index in [4.69, 9.17) is 0 Å². The van der Waals surface area contributed by atoms with E-state index in [9.17, 15) is 19.2 Å². The topological polar surface area (TPSA) is 73.2 Å². The molecule has 166 valence electrons. The first-order chi connectivity index (χ1) is 16.1. The van der Waals surface area contributed by atoms with Gasteiger partial charge in [0, 0.05) is 22.6 Å². The Morgan fingerprint density at radius 1 is 1.03 bits per heavy atom. The van der Waals surface area contributed by atoms with Gasteiger partial charge in [0.25, 0.3) is 5.91 Å². The van der Waals surface area contributed by atoms with Gasteiger partial charge in [-0.3, -0.25) is 14.5 Å². The fourth-order valence-electron chi connectivity index (χ4n) is 5.69. The molecule has 0 fully saturated rings. The smallest absolute Gasteiger partial charge is 0.260 e. The lowest BCUT2D eigenvalue weighted by atomic mass is 9.75. The van der Waals surface area contributed by atoms with Crippen molar-refractivity contribution in [1.29, 1.82) is 5.26 Å². The Morgan fingerprint density at radius 2 is 1.82 bits per heavy atom. The van der Waals surface area contributed by atoms with Crippen LogP contribution in [0.4, 0.5) is 9.39 Å². The number of halogens is 1. The third-order valence-electron chi connectivity index (χ3n) is 7.14. The van der Waals surface area contributed by atoms with E-state index >= 15 is 0 Å². The predicted octanol–water partition coefficient (Wildman–Crippen LogP) is 5.25. The third-order valence-corrected chi connectivity index (χ3v) is 8.42. The molecule has 3 heterocycles. The van der Waals surface area contributed by atoms with Crippen LogP contribution >= 0.6 is 11.3 Å². The molecule has 1 aromatic carbocycles. The zero-order chi connectivity index (χ0) is 22.7. The molecule has 0 spiro atoms. The van der Waals surface area contributed by atoms with E-state index in [0.717, 1.165) is 54.8 Å². The van der Waals surface area contributed by atoms with Crippen molar-refractivity contribution < 1.29 is 14.0 Å². The Labute approximate surface area is 195 Å². The fourth-order valence-corrected chi connectivity index (χ4v) is 7.10. The number of thiophene rings is 1. The normalized spacial score (nSPS) is 22.1. The molecular formula is C26H22FN3O2S. The van der Waals surface area contributed by atoms with Crippen LogP contribution in [-0.4, -0.2) is 11.7 Å². The van der Waals surface area contributed by atoms with Crippen LogP contribution in [-0.2, 0) is 17.6 Å². The molecule has 4 aliphatic rings. The molecule has 2 aliphatic carbocycles. The molecule has 2 aliphatic heterocycles. The quantitative estimate of drug-likeness (QED) is 0.592. The van der Waals surface area contributed by atoms with Crippen LogP contribution in [0.1, 0.15) is 70.8 Å². The summed E-state index contributed by atoms with van der Waals surface area (Å²) in [5.74, 6) is -0.679. The molecule has 1 aromatic heterocycles. The van der Waals surface area contributed by atoms with Crippen molar-refractivity contribution in [2.24, 2.45) is 0 Å². The molecule has 1 atom stereocenters. The first-order valence-corrected chi connectivity index (χ1v) is 12.3. The molecule has 0 saturated carbocycles. The summed E-state index contributed by atoms with van der Waals surface area (Å²) >= 11 is 1.64. The highest BCUT2D eigenvalue weighted by atomic mass is 32.1. The molecule has 0 unspecified atom stereocenters. The first kappa shape index (κ1) is 20.4. The standard InChI is InChI=1S/C26H22FN3O2S/c27-15-11-9-14(10-12-15)21-17(13-28)24-29-25(32)22-16-5-2-1-3-8-20(16)33-26(22)30(24)18-6-4-7-19(31)23(18)21/h9-12,21H,1-8H2,(H,29,32)/t21-/m1/s1. The number of Topliss-reactive ketones (excluding diaryl/α,β-unsaturated/α-hetero) is 1. The molecule has 6 rings (SSSR count). The second-order valence-corrected chi connectivity index (χ2v) is 10.1. The van der Waals surface area contributed by atoms with E-state index in [1.165, 1.54) is 17.0 Å². The lowest BCUT2D eigenvalue weighted by molar-refractivity contribution is -0.116. The average Bonchev–Trinajstić information content (AvgIpc) is 3.02. The zero-order valence-electron chi connectivity index (χ0n) is 18.0. The Hall–Kier alpha value is -3.24. The highest BCUT2D eigenvalue weighted by Crippen LogP contribution is 2.52. The first-order valence-electron chi connectivity index (χ1n) is 11.5. The number of nitrogens with one attached hydrogen (secondary N) is 1. The van der Waals surface area contributed by atoms with E-state index in [1.807, 2.05) is 4.90 Å². The van der Waals surface area contributed by atoms with E-state index in [-0.39, 0.29) is 17.5 Å². The number of nitriles is 1. The summed E-state index contributed by atoms with van der Waals surface area (Å²) < 4.78 is 13.6. The fraction of sp³-hybridized carbons (Fsp3) is 0.346. The number of rotatable bonds is 1. The summed E-state index contributed by atoms with van der Waals surface area (Å²) in [6.45, 7) is 0. The number of hydrogen-bond acceptors (Lipinski definition) is 5. The Morgan fingerprint density at radius 3 is 2.61 bits per heavy atom. The number of amides is 1. The van der Waals surface area contributed by atoms with Gasteiger partial charge in [0.1, 0.15) is 16.6 Å². The second-order valence-electron chi connectivity index (χ2n) is 9.03. The van der Waals surface area contributed by atoms with Gasteiger partial charge in [0.2, 0.25) is 0 Å².